The van der Waals surface area contributed by atoms with Gasteiger partial charge in [0, 0.05) is 18.0 Å². The Labute approximate surface area is 191 Å². The van der Waals surface area contributed by atoms with Crippen molar-refractivity contribution in [3.05, 3.63) is 96.4 Å². The zero-order valence-corrected chi connectivity index (χ0v) is 18.4. The minimum atomic E-state index is -0.660. The summed E-state index contributed by atoms with van der Waals surface area (Å²) in [5.74, 6) is 0.899. The molecule has 1 amide bonds. The van der Waals surface area contributed by atoms with Crippen LogP contribution in [-0.4, -0.2) is 32.4 Å². The summed E-state index contributed by atoms with van der Waals surface area (Å²) >= 11 is 0. The van der Waals surface area contributed by atoms with E-state index in [9.17, 15) is 4.79 Å². The van der Waals surface area contributed by atoms with Crippen molar-refractivity contribution >= 4 is 17.9 Å². The lowest BCUT2D eigenvalue weighted by Crippen LogP contribution is -2.42. The highest BCUT2D eigenvalue weighted by molar-refractivity contribution is 5.90. The molecule has 2 aromatic heterocycles. The molecule has 0 bridgehead atoms. The monoisotopic (exact) mass is 440 g/mol. The first kappa shape index (κ1) is 20.7. The average molecular weight is 441 g/mol. The van der Waals surface area contributed by atoms with E-state index in [0.29, 0.717) is 11.8 Å². The molecule has 0 spiro atoms. The third kappa shape index (κ3) is 3.91. The van der Waals surface area contributed by atoms with E-state index in [4.69, 9.17) is 4.74 Å². The normalized spacial score (nSPS) is 18.7. The van der Waals surface area contributed by atoms with E-state index < -0.39 is 11.6 Å². The third-order valence-corrected chi connectivity index (χ3v) is 5.89. The van der Waals surface area contributed by atoms with E-state index >= 15 is 0 Å². The summed E-state index contributed by atoms with van der Waals surface area (Å²) in [6, 6.07) is 21.4. The minimum Gasteiger partial charge on any atom is -0.446 e. The van der Waals surface area contributed by atoms with Gasteiger partial charge in [-0.15, -0.1) is 0 Å². The van der Waals surface area contributed by atoms with Gasteiger partial charge in [-0.3, -0.25) is 0 Å². The molecule has 5 rings (SSSR count). The molecule has 0 saturated carbocycles. The lowest BCUT2D eigenvalue weighted by molar-refractivity contribution is 0.174. The molecule has 8 nitrogen and oxygen atoms in total. The first-order valence-corrected chi connectivity index (χ1v) is 10.8. The van der Waals surface area contributed by atoms with Gasteiger partial charge in [-0.05, 0) is 37.6 Å². The first-order chi connectivity index (χ1) is 16.0. The van der Waals surface area contributed by atoms with Gasteiger partial charge in [0.05, 0.1) is 17.9 Å². The summed E-state index contributed by atoms with van der Waals surface area (Å²) in [6.45, 7) is 4.24. The van der Waals surface area contributed by atoms with Crippen molar-refractivity contribution < 1.29 is 9.53 Å². The van der Waals surface area contributed by atoms with Crippen LogP contribution in [0.2, 0.25) is 0 Å². The van der Waals surface area contributed by atoms with E-state index in [1.165, 1.54) is 0 Å². The molecule has 1 saturated heterocycles. The summed E-state index contributed by atoms with van der Waals surface area (Å²) < 4.78 is 7.25. The fraction of sp³-hybridized carbons (Fsp3) is 0.200. The molecular weight excluding hydrogens is 416 g/mol. The van der Waals surface area contributed by atoms with Crippen LogP contribution in [0.25, 0.3) is 5.69 Å². The van der Waals surface area contributed by atoms with Crippen molar-refractivity contribution in [2.45, 2.75) is 25.4 Å². The molecule has 1 aliphatic rings. The maximum atomic E-state index is 12.7. The number of carbonyl (C=O) groups is 1. The van der Waals surface area contributed by atoms with Crippen molar-refractivity contribution in [3.8, 4) is 5.69 Å². The number of hydrogen-bond acceptors (Lipinski definition) is 6. The van der Waals surface area contributed by atoms with E-state index in [1.54, 1.807) is 17.2 Å². The predicted octanol–water partition coefficient (Wildman–Crippen LogP) is 4.71. The minimum absolute atomic E-state index is 0.0938. The zero-order valence-electron chi connectivity index (χ0n) is 18.4. The fourth-order valence-corrected chi connectivity index (χ4v) is 3.99. The second kappa shape index (κ2) is 8.38. The van der Waals surface area contributed by atoms with Gasteiger partial charge in [0.15, 0.2) is 0 Å². The largest absolute Gasteiger partial charge is 0.446 e. The van der Waals surface area contributed by atoms with Crippen LogP contribution in [0, 0.1) is 0 Å². The highest BCUT2D eigenvalue weighted by Gasteiger charge is 2.46. The number of carbonyl (C=O) groups excluding carboxylic acids is 1. The van der Waals surface area contributed by atoms with Crippen LogP contribution in [0.1, 0.15) is 31.0 Å². The molecule has 8 heteroatoms. The molecule has 2 atom stereocenters. The average Bonchev–Trinajstić information content (AvgIpc) is 3.46. The molecule has 166 valence electrons. The molecule has 2 aromatic carbocycles. The van der Waals surface area contributed by atoms with Crippen molar-refractivity contribution in [1.29, 1.82) is 0 Å². The van der Waals surface area contributed by atoms with E-state index in [0.717, 1.165) is 16.8 Å². The Morgan fingerprint density at radius 2 is 1.79 bits per heavy atom. The number of para-hydroxylation sites is 1. The topological polar surface area (TPSA) is 85.2 Å². The number of rotatable bonds is 6. The maximum Gasteiger partial charge on any atom is 0.416 e. The number of nitrogens with one attached hydrogen (secondary N) is 1. The van der Waals surface area contributed by atoms with Crippen molar-refractivity contribution in [2.24, 2.45) is 0 Å². The van der Waals surface area contributed by atoms with Gasteiger partial charge >= 0.3 is 6.09 Å². The Morgan fingerprint density at radius 1 is 1.06 bits per heavy atom. The number of hydrogen-bond donors (Lipinski definition) is 1. The Hall–Kier alpha value is -4.20. The Morgan fingerprint density at radius 3 is 2.55 bits per heavy atom. The molecule has 0 aliphatic carbocycles. The van der Waals surface area contributed by atoms with Gasteiger partial charge in [0.1, 0.15) is 18.0 Å². The number of anilines is 2. The Kier molecular flexibility index (Phi) is 5.26. The highest BCUT2D eigenvalue weighted by Crippen LogP contribution is 2.37. The van der Waals surface area contributed by atoms with Crippen LogP contribution in [0.3, 0.4) is 0 Å². The lowest BCUT2D eigenvalue weighted by atomic mass is 9.92. The second-order valence-corrected chi connectivity index (χ2v) is 8.19. The van der Waals surface area contributed by atoms with Crippen molar-refractivity contribution in [3.63, 3.8) is 0 Å². The predicted molar refractivity (Wildman–Crippen MR) is 125 cm³/mol. The van der Waals surface area contributed by atoms with Crippen molar-refractivity contribution in [1.82, 2.24) is 19.7 Å². The highest BCUT2D eigenvalue weighted by atomic mass is 16.6. The van der Waals surface area contributed by atoms with Gasteiger partial charge < -0.3 is 10.1 Å². The molecule has 3 heterocycles. The number of benzene rings is 2. The molecular formula is C25H24N6O2. The first-order valence-electron chi connectivity index (χ1n) is 10.8. The van der Waals surface area contributed by atoms with Crippen LogP contribution in [-0.2, 0) is 10.3 Å². The second-order valence-electron chi connectivity index (χ2n) is 8.19. The van der Waals surface area contributed by atoms with E-state index in [2.05, 4.69) is 20.4 Å². The van der Waals surface area contributed by atoms with Gasteiger partial charge in [-0.25, -0.2) is 19.4 Å². The quantitative estimate of drug-likeness (QED) is 0.468. The summed E-state index contributed by atoms with van der Waals surface area (Å²) in [5, 5.41) is 7.77. The fourth-order valence-electron chi connectivity index (χ4n) is 3.99. The molecule has 33 heavy (non-hydrogen) atoms. The maximum absolute atomic E-state index is 12.7. The third-order valence-electron chi connectivity index (χ3n) is 5.89. The molecule has 1 fully saturated rings. The van der Waals surface area contributed by atoms with E-state index in [1.807, 2.05) is 91.6 Å². The molecule has 1 N–H and O–H groups in total. The molecule has 1 aliphatic heterocycles. The molecule has 0 unspecified atom stereocenters. The van der Waals surface area contributed by atoms with Gasteiger partial charge in [0.25, 0.3) is 0 Å². The lowest BCUT2D eigenvalue weighted by Gasteiger charge is -2.31. The van der Waals surface area contributed by atoms with Crippen LogP contribution < -0.4 is 10.2 Å². The summed E-state index contributed by atoms with van der Waals surface area (Å²) in [4.78, 5) is 23.2. The summed E-state index contributed by atoms with van der Waals surface area (Å²) in [5.41, 5.74) is 2.29. The zero-order chi connectivity index (χ0) is 22.8. The number of aromatic nitrogens is 4. The number of amides is 1. The van der Waals surface area contributed by atoms with Crippen LogP contribution >= 0.6 is 0 Å². The van der Waals surface area contributed by atoms with Crippen LogP contribution in [0.4, 0.5) is 16.6 Å². The molecule has 0 radical (unpaired) electrons. The number of ether oxygens (including phenoxy) is 1. The Bertz CT molecular complexity index is 1260. The summed E-state index contributed by atoms with van der Waals surface area (Å²) in [7, 11) is 0. The SMILES string of the molecule is C[C@@H](Nc1nccc(N2C(=O)OC[C@]2(C)c2ccccc2)n1)c1cnn(-c2ccccc2)c1. The van der Waals surface area contributed by atoms with Gasteiger partial charge in [-0.2, -0.15) is 10.1 Å². The summed E-state index contributed by atoms with van der Waals surface area (Å²) in [6.07, 6.45) is 5.00. The van der Waals surface area contributed by atoms with Gasteiger partial charge in [-0.1, -0.05) is 48.5 Å². The number of cyclic esters (lactones) is 1. The Balaban J connectivity index is 1.38. The smallest absolute Gasteiger partial charge is 0.416 e. The van der Waals surface area contributed by atoms with Gasteiger partial charge in [0.2, 0.25) is 5.95 Å². The van der Waals surface area contributed by atoms with Crippen LogP contribution in [0.5, 0.6) is 0 Å². The standard InChI is InChI=1S/C25H24N6O2/c1-18(19-15-27-30(16-19)21-11-7-4-8-12-21)28-23-26-14-13-22(29-23)31-24(32)33-17-25(31,2)20-9-5-3-6-10-20/h3-16,18H,17H2,1-2H3,(H,26,28,29)/t18-,25-/m1/s1. The van der Waals surface area contributed by atoms with E-state index in [-0.39, 0.29) is 12.6 Å². The number of nitrogens with zero attached hydrogens (tertiary/aromatic N) is 5. The molecule has 4 aromatic rings. The van der Waals surface area contributed by atoms with Crippen LogP contribution in [0.15, 0.2) is 85.3 Å². The van der Waals surface area contributed by atoms with Crippen molar-refractivity contribution in [2.75, 3.05) is 16.8 Å².